The third-order valence-corrected chi connectivity index (χ3v) is 5.17. The van der Waals surface area contributed by atoms with E-state index in [4.69, 9.17) is 0 Å². The van der Waals surface area contributed by atoms with Gasteiger partial charge in [0.2, 0.25) is 0 Å². The van der Waals surface area contributed by atoms with E-state index in [1.54, 1.807) is 11.3 Å². The van der Waals surface area contributed by atoms with Crippen LogP contribution in [0.25, 0.3) is 10.1 Å². The Hall–Kier alpha value is -1.16. The Morgan fingerprint density at radius 3 is 2.74 bits per heavy atom. The second-order valence-corrected chi connectivity index (χ2v) is 6.36. The predicted octanol–water partition coefficient (Wildman–Crippen LogP) is 5.05. The van der Waals surface area contributed by atoms with E-state index in [9.17, 15) is 5.11 Å². The molecule has 0 aliphatic heterocycles. The van der Waals surface area contributed by atoms with Crippen LogP contribution in [0.3, 0.4) is 0 Å². The summed E-state index contributed by atoms with van der Waals surface area (Å²) < 4.78 is 2.28. The number of aliphatic hydroxyl groups is 1. The average molecular weight is 333 g/mol. The van der Waals surface area contributed by atoms with Crippen LogP contribution < -0.4 is 0 Å². The van der Waals surface area contributed by atoms with Crippen molar-refractivity contribution in [1.82, 2.24) is 0 Å². The molecule has 0 bridgehead atoms. The van der Waals surface area contributed by atoms with Crippen molar-refractivity contribution in [2.24, 2.45) is 0 Å². The van der Waals surface area contributed by atoms with E-state index in [2.05, 4.69) is 28.1 Å². The monoisotopic (exact) mass is 332 g/mol. The van der Waals surface area contributed by atoms with Crippen LogP contribution in [0, 0.1) is 6.92 Å². The van der Waals surface area contributed by atoms with Gasteiger partial charge in [0.05, 0.1) is 0 Å². The van der Waals surface area contributed by atoms with E-state index in [0.717, 1.165) is 26.5 Å². The van der Waals surface area contributed by atoms with Crippen molar-refractivity contribution in [2.45, 2.75) is 13.0 Å². The number of benzene rings is 2. The molecule has 0 saturated heterocycles. The van der Waals surface area contributed by atoms with Crippen LogP contribution in [0.2, 0.25) is 0 Å². The van der Waals surface area contributed by atoms with Gasteiger partial charge in [0.25, 0.3) is 0 Å². The first-order valence-electron chi connectivity index (χ1n) is 6.07. The van der Waals surface area contributed by atoms with Gasteiger partial charge in [-0.3, -0.25) is 0 Å². The number of fused-ring (bicyclic) bond motifs is 1. The van der Waals surface area contributed by atoms with E-state index in [0.29, 0.717) is 0 Å². The Morgan fingerprint density at radius 2 is 1.95 bits per heavy atom. The van der Waals surface area contributed by atoms with Crippen molar-refractivity contribution in [3.05, 3.63) is 69.0 Å². The van der Waals surface area contributed by atoms with Crippen molar-refractivity contribution in [3.63, 3.8) is 0 Å². The number of halogens is 1. The van der Waals surface area contributed by atoms with Crippen molar-refractivity contribution >= 4 is 37.4 Å². The van der Waals surface area contributed by atoms with Crippen LogP contribution in [0.5, 0.6) is 0 Å². The number of aryl methyl sites for hydroxylation is 1. The van der Waals surface area contributed by atoms with Gasteiger partial charge in [0.1, 0.15) is 6.10 Å². The highest BCUT2D eigenvalue weighted by molar-refractivity contribution is 9.10. The lowest BCUT2D eigenvalue weighted by atomic mass is 9.99. The molecule has 0 aliphatic rings. The van der Waals surface area contributed by atoms with E-state index in [-0.39, 0.29) is 0 Å². The normalized spacial score (nSPS) is 12.8. The van der Waals surface area contributed by atoms with Gasteiger partial charge < -0.3 is 5.11 Å². The highest BCUT2D eigenvalue weighted by Gasteiger charge is 2.15. The maximum absolute atomic E-state index is 10.6. The second kappa shape index (κ2) is 5.08. The first-order valence-corrected chi connectivity index (χ1v) is 7.74. The topological polar surface area (TPSA) is 20.2 Å². The van der Waals surface area contributed by atoms with Gasteiger partial charge in [0.15, 0.2) is 0 Å². The molecule has 19 heavy (non-hydrogen) atoms. The molecule has 3 rings (SSSR count). The standard InChI is InChI=1S/C16H13BrOS/c1-10-8-11(6-7-14(10)17)16(18)13-9-19-15-5-3-2-4-12(13)15/h2-9,16,18H,1H3. The summed E-state index contributed by atoms with van der Waals surface area (Å²) in [4.78, 5) is 0. The number of hydrogen-bond acceptors (Lipinski definition) is 2. The van der Waals surface area contributed by atoms with Crippen LogP contribution >= 0.6 is 27.3 Å². The van der Waals surface area contributed by atoms with E-state index >= 15 is 0 Å². The molecule has 0 radical (unpaired) electrons. The van der Waals surface area contributed by atoms with Gasteiger partial charge in [-0.1, -0.05) is 46.3 Å². The van der Waals surface area contributed by atoms with Crippen LogP contribution in [-0.4, -0.2) is 5.11 Å². The lowest BCUT2D eigenvalue weighted by molar-refractivity contribution is 0.222. The molecule has 0 amide bonds. The quantitative estimate of drug-likeness (QED) is 0.695. The largest absolute Gasteiger partial charge is 0.384 e. The Labute approximate surface area is 124 Å². The SMILES string of the molecule is Cc1cc(C(O)c2csc3ccccc23)ccc1Br. The fourth-order valence-electron chi connectivity index (χ4n) is 2.23. The molecule has 96 valence electrons. The molecule has 1 N–H and O–H groups in total. The number of thiophene rings is 1. The van der Waals surface area contributed by atoms with Gasteiger partial charge in [-0.2, -0.15) is 0 Å². The molecule has 1 heterocycles. The predicted molar refractivity (Wildman–Crippen MR) is 84.8 cm³/mol. The summed E-state index contributed by atoms with van der Waals surface area (Å²) in [5.41, 5.74) is 3.06. The lowest BCUT2D eigenvalue weighted by Gasteiger charge is -2.12. The maximum atomic E-state index is 10.6. The number of aliphatic hydroxyl groups excluding tert-OH is 1. The zero-order valence-electron chi connectivity index (χ0n) is 10.4. The zero-order valence-corrected chi connectivity index (χ0v) is 12.8. The maximum Gasteiger partial charge on any atom is 0.105 e. The second-order valence-electron chi connectivity index (χ2n) is 4.60. The minimum atomic E-state index is -0.567. The summed E-state index contributed by atoms with van der Waals surface area (Å²) in [5, 5.41) is 13.8. The minimum absolute atomic E-state index is 0.567. The Bertz CT molecular complexity index is 732. The minimum Gasteiger partial charge on any atom is -0.384 e. The first-order chi connectivity index (χ1) is 9.16. The molecule has 3 heteroatoms. The summed E-state index contributed by atoms with van der Waals surface area (Å²) >= 11 is 5.16. The van der Waals surface area contributed by atoms with Crippen molar-refractivity contribution < 1.29 is 5.11 Å². The van der Waals surface area contributed by atoms with E-state index in [1.807, 2.05) is 42.6 Å². The van der Waals surface area contributed by atoms with Crippen molar-refractivity contribution in [2.75, 3.05) is 0 Å². The van der Waals surface area contributed by atoms with Crippen LogP contribution in [0.15, 0.2) is 52.3 Å². The molecular formula is C16H13BrOS. The molecule has 1 atom stereocenters. The summed E-state index contributed by atoms with van der Waals surface area (Å²) in [6.45, 7) is 2.03. The molecule has 1 aromatic heterocycles. The summed E-state index contributed by atoms with van der Waals surface area (Å²) in [7, 11) is 0. The smallest absolute Gasteiger partial charge is 0.105 e. The fourth-order valence-corrected chi connectivity index (χ4v) is 3.45. The van der Waals surface area contributed by atoms with Gasteiger partial charge in [-0.15, -0.1) is 11.3 Å². The number of rotatable bonds is 2. The highest BCUT2D eigenvalue weighted by atomic mass is 79.9. The van der Waals surface area contributed by atoms with Gasteiger partial charge in [0, 0.05) is 14.7 Å². The summed E-state index contributed by atoms with van der Waals surface area (Å²) in [6.07, 6.45) is -0.567. The molecule has 0 saturated carbocycles. The third-order valence-electron chi connectivity index (χ3n) is 3.30. The molecule has 2 aromatic carbocycles. The van der Waals surface area contributed by atoms with Gasteiger partial charge in [-0.25, -0.2) is 0 Å². The fraction of sp³-hybridized carbons (Fsp3) is 0.125. The summed E-state index contributed by atoms with van der Waals surface area (Å²) in [6, 6.07) is 14.2. The third kappa shape index (κ3) is 2.34. The molecular weight excluding hydrogens is 320 g/mol. The first kappa shape index (κ1) is 12.9. The molecule has 1 nitrogen and oxygen atoms in total. The Balaban J connectivity index is 2.08. The summed E-state index contributed by atoms with van der Waals surface area (Å²) in [5.74, 6) is 0. The number of hydrogen-bond donors (Lipinski definition) is 1. The van der Waals surface area contributed by atoms with Crippen LogP contribution in [-0.2, 0) is 0 Å². The average Bonchev–Trinajstić information content (AvgIpc) is 2.85. The van der Waals surface area contributed by atoms with Gasteiger partial charge >= 0.3 is 0 Å². The van der Waals surface area contributed by atoms with Crippen LogP contribution in [0.4, 0.5) is 0 Å². The van der Waals surface area contributed by atoms with Crippen molar-refractivity contribution in [1.29, 1.82) is 0 Å². The van der Waals surface area contributed by atoms with E-state index < -0.39 is 6.10 Å². The lowest BCUT2D eigenvalue weighted by Crippen LogP contribution is -1.99. The highest BCUT2D eigenvalue weighted by Crippen LogP contribution is 2.34. The van der Waals surface area contributed by atoms with Crippen LogP contribution in [0.1, 0.15) is 22.8 Å². The molecule has 0 aliphatic carbocycles. The molecule has 1 unspecified atom stereocenters. The van der Waals surface area contributed by atoms with Crippen molar-refractivity contribution in [3.8, 4) is 0 Å². The van der Waals surface area contributed by atoms with Gasteiger partial charge in [-0.05, 0) is 40.9 Å². The Kier molecular flexibility index (Phi) is 3.44. The molecule has 0 spiro atoms. The molecule has 0 fully saturated rings. The zero-order chi connectivity index (χ0) is 13.4. The van der Waals surface area contributed by atoms with E-state index in [1.165, 1.54) is 4.70 Å². The molecule has 3 aromatic rings. The Morgan fingerprint density at radius 1 is 1.16 bits per heavy atom.